The molecule has 0 saturated carbocycles. The minimum absolute atomic E-state index is 0.0270. The molecule has 262 valence electrons. The van der Waals surface area contributed by atoms with Crippen LogP contribution >= 0.6 is 0 Å². The third-order valence-corrected chi connectivity index (χ3v) is 10.3. The van der Waals surface area contributed by atoms with Crippen molar-refractivity contribution in [3.63, 3.8) is 0 Å². The molecule has 11 rings (SSSR count). The molecule has 6 nitrogen and oxygen atoms in total. The van der Waals surface area contributed by atoms with E-state index in [4.69, 9.17) is 11.0 Å². The summed E-state index contributed by atoms with van der Waals surface area (Å²) < 4.78 is 150. The van der Waals surface area contributed by atoms with E-state index in [0.29, 0.717) is 21.8 Å². The van der Waals surface area contributed by atoms with Crippen molar-refractivity contribution in [2.75, 3.05) is 0 Å². The van der Waals surface area contributed by atoms with E-state index in [0.717, 1.165) is 9.13 Å². The largest absolute Gasteiger partial charge is 0.307 e. The molecule has 6 heteroatoms. The number of hydrogen-bond donors (Lipinski definition) is 0. The molecular weight excluding hydrogens is 697 g/mol. The zero-order valence-corrected chi connectivity index (χ0v) is 29.1. The fourth-order valence-corrected chi connectivity index (χ4v) is 8.03. The molecule has 0 N–H and O–H groups in total. The molecule has 57 heavy (non-hydrogen) atoms. The molecule has 0 spiro atoms. The van der Waals surface area contributed by atoms with Crippen LogP contribution in [0.3, 0.4) is 0 Å². The van der Waals surface area contributed by atoms with Gasteiger partial charge in [-0.3, -0.25) is 0 Å². The number of rotatable bonds is 4. The van der Waals surface area contributed by atoms with Gasteiger partial charge in [-0.1, -0.05) is 121 Å². The topological polar surface area (TPSA) is 86.2 Å². The summed E-state index contributed by atoms with van der Waals surface area (Å²) in [6.45, 7) is 0. The highest BCUT2D eigenvalue weighted by molar-refractivity contribution is 6.14. The van der Waals surface area contributed by atoms with Gasteiger partial charge in [0.2, 0.25) is 0 Å². The SMILES string of the molecule is [2H]c1c([2H])c([2H])c2c(c1[2H])c1c([2H])c([2H])c([2H])c([2H])c1n2-c1c(C#N)c(-n2c3ccccc3c3ccccc32)c(C#N)c(-n2c3c([2H])c([2H])c([2H])c([2H])c3c3c([2H])c([2H])c([2H])c([2H])c32)c1-c1ccc(C#N)cc1. The molecule has 0 radical (unpaired) electrons. The van der Waals surface area contributed by atoms with E-state index < -0.39 is 130 Å². The lowest BCUT2D eigenvalue weighted by Gasteiger charge is -2.26. The molecule has 3 heterocycles. The van der Waals surface area contributed by atoms with Crippen molar-refractivity contribution in [2.45, 2.75) is 0 Å². The Kier molecular flexibility index (Phi) is 4.29. The molecule has 0 aliphatic heterocycles. The second-order valence-electron chi connectivity index (χ2n) is 13.0. The summed E-state index contributed by atoms with van der Waals surface area (Å²) in [5.41, 5.74) is -2.88. The van der Waals surface area contributed by atoms with Gasteiger partial charge in [0.1, 0.15) is 23.3 Å². The monoisotopic (exact) mass is 740 g/mol. The highest BCUT2D eigenvalue weighted by Gasteiger charge is 2.32. The van der Waals surface area contributed by atoms with Crippen LogP contribution in [0.1, 0.15) is 38.6 Å². The van der Waals surface area contributed by atoms with Crippen LogP contribution in [0.15, 0.2) is 169 Å². The molecule has 0 saturated heterocycles. The molecule has 0 unspecified atom stereocenters. The van der Waals surface area contributed by atoms with Crippen molar-refractivity contribution < 1.29 is 21.9 Å². The van der Waals surface area contributed by atoms with Crippen LogP contribution in [0.2, 0.25) is 0 Å². The number of nitrogens with zero attached hydrogens (tertiary/aromatic N) is 6. The van der Waals surface area contributed by atoms with Gasteiger partial charge < -0.3 is 13.7 Å². The van der Waals surface area contributed by atoms with Crippen LogP contribution in [0, 0.1) is 34.0 Å². The van der Waals surface area contributed by atoms with E-state index in [1.807, 2.05) is 6.07 Å². The average Bonchev–Trinajstić information content (AvgIpc) is 4.08. The Balaban J connectivity index is 1.59. The molecule has 0 fully saturated rings. The molecule has 0 amide bonds. The summed E-state index contributed by atoms with van der Waals surface area (Å²) >= 11 is 0. The van der Waals surface area contributed by atoms with Gasteiger partial charge in [-0.15, -0.1) is 0 Å². The first-order chi connectivity index (χ1) is 34.8. The Morgan fingerprint density at radius 1 is 0.368 bits per heavy atom. The number of benzene rings is 8. The van der Waals surface area contributed by atoms with Crippen LogP contribution in [0.5, 0.6) is 0 Å². The third-order valence-electron chi connectivity index (χ3n) is 10.3. The van der Waals surface area contributed by atoms with Gasteiger partial charge >= 0.3 is 0 Å². The summed E-state index contributed by atoms with van der Waals surface area (Å²) in [5.74, 6) is 0. The standard InChI is InChI=1S/C51H28N6/c52-29-32-25-27-33(28-26-32)48-50(56-44-21-9-3-15-36(44)37-16-4-10-22-45(37)56)40(30-53)49(55-42-19-7-1-13-34(42)35-14-2-8-20-43(35)55)41(31-54)51(48)57-46-23-11-5-17-38(46)39-18-6-12-24-47(39)57/h1-28H/i3D,4D,5D,6D,9D,10D,11D,12D,15D,16D,17D,18D,21D,22D,23D,24D. The van der Waals surface area contributed by atoms with Crippen molar-refractivity contribution in [3.05, 3.63) is 186 Å². The van der Waals surface area contributed by atoms with Gasteiger partial charge in [-0.05, 0) is 54.0 Å². The van der Waals surface area contributed by atoms with Crippen molar-refractivity contribution in [1.82, 2.24) is 13.7 Å². The summed E-state index contributed by atoms with van der Waals surface area (Å²) in [7, 11) is 0. The zero-order valence-electron chi connectivity index (χ0n) is 45.1. The van der Waals surface area contributed by atoms with Gasteiger partial charge in [0.05, 0.1) is 83.7 Å². The van der Waals surface area contributed by atoms with Gasteiger partial charge in [-0.2, -0.15) is 15.8 Å². The second-order valence-corrected chi connectivity index (χ2v) is 13.0. The Morgan fingerprint density at radius 2 is 0.737 bits per heavy atom. The molecular formula is C51H28N6. The Hall–Kier alpha value is -8.37. The third kappa shape index (κ3) is 4.43. The first-order valence-electron chi connectivity index (χ1n) is 25.4. The minimum atomic E-state index is -0.791. The van der Waals surface area contributed by atoms with E-state index in [2.05, 4.69) is 12.1 Å². The number of fused-ring (bicyclic) bond motifs is 9. The van der Waals surface area contributed by atoms with Crippen molar-refractivity contribution in [1.29, 1.82) is 15.8 Å². The Morgan fingerprint density at radius 3 is 1.12 bits per heavy atom. The van der Waals surface area contributed by atoms with Crippen molar-refractivity contribution in [2.24, 2.45) is 0 Å². The van der Waals surface area contributed by atoms with E-state index >= 15 is 0 Å². The second kappa shape index (κ2) is 12.3. The van der Waals surface area contributed by atoms with Crippen molar-refractivity contribution in [3.8, 4) is 46.4 Å². The van der Waals surface area contributed by atoms with Gasteiger partial charge in [0.25, 0.3) is 0 Å². The van der Waals surface area contributed by atoms with Crippen LogP contribution in [-0.2, 0) is 0 Å². The molecule has 0 bridgehead atoms. The van der Waals surface area contributed by atoms with Crippen LogP contribution in [0.4, 0.5) is 0 Å². The van der Waals surface area contributed by atoms with Crippen LogP contribution in [0.25, 0.3) is 93.6 Å². The van der Waals surface area contributed by atoms with E-state index in [1.54, 1.807) is 53.1 Å². The number of nitriles is 3. The Bertz CT molecular complexity index is 4140. The first kappa shape index (κ1) is 19.8. The van der Waals surface area contributed by atoms with Gasteiger partial charge in [0.15, 0.2) is 0 Å². The summed E-state index contributed by atoms with van der Waals surface area (Å²) in [6.07, 6.45) is 0. The van der Waals surface area contributed by atoms with E-state index in [1.165, 1.54) is 24.3 Å². The summed E-state index contributed by atoms with van der Waals surface area (Å²) in [6, 6.07) is 14.2. The van der Waals surface area contributed by atoms with Gasteiger partial charge in [-0.25, -0.2) is 0 Å². The fourth-order valence-electron chi connectivity index (χ4n) is 8.03. The maximum absolute atomic E-state index is 12.0. The zero-order chi connectivity index (χ0) is 52.1. The fraction of sp³-hybridized carbons (Fsp3) is 0. The first-order valence-corrected chi connectivity index (χ1v) is 17.4. The summed E-state index contributed by atoms with van der Waals surface area (Å²) in [5, 5.41) is 33.9. The van der Waals surface area contributed by atoms with Crippen molar-refractivity contribution >= 4 is 65.4 Å². The number of para-hydroxylation sites is 6. The normalized spacial score (nSPS) is 15.4. The number of aromatic nitrogens is 3. The minimum Gasteiger partial charge on any atom is -0.307 e. The molecule has 3 aromatic heterocycles. The maximum atomic E-state index is 12.0. The van der Waals surface area contributed by atoms with E-state index in [-0.39, 0.29) is 55.3 Å². The lowest BCUT2D eigenvalue weighted by Crippen LogP contribution is -2.14. The van der Waals surface area contributed by atoms with E-state index in [9.17, 15) is 26.8 Å². The van der Waals surface area contributed by atoms with Gasteiger partial charge in [0, 0.05) is 37.9 Å². The lowest BCUT2D eigenvalue weighted by atomic mass is 9.91. The maximum Gasteiger partial charge on any atom is 0.104 e. The predicted octanol–water partition coefficient (Wildman–Crippen LogP) is 12.3. The molecule has 0 atom stereocenters. The average molecular weight is 741 g/mol. The highest BCUT2D eigenvalue weighted by atomic mass is 15.1. The van der Waals surface area contributed by atoms with Crippen LogP contribution in [-0.4, -0.2) is 13.7 Å². The summed E-state index contributed by atoms with van der Waals surface area (Å²) in [4.78, 5) is 0. The smallest absolute Gasteiger partial charge is 0.104 e. The molecule has 11 aromatic rings. The highest BCUT2D eigenvalue weighted by Crippen LogP contribution is 2.48. The predicted molar refractivity (Wildman–Crippen MR) is 229 cm³/mol. The lowest BCUT2D eigenvalue weighted by molar-refractivity contribution is 1.08. The molecule has 0 aliphatic rings. The molecule has 8 aromatic carbocycles. The number of hydrogen-bond acceptors (Lipinski definition) is 3. The quantitative estimate of drug-likeness (QED) is 0.180. The Labute approximate surface area is 349 Å². The van der Waals surface area contributed by atoms with Crippen LogP contribution < -0.4 is 0 Å². The molecule has 0 aliphatic carbocycles.